The van der Waals surface area contributed by atoms with Gasteiger partial charge in [-0.15, -0.1) is 5.10 Å². The standard InChI is InChI=1S/C13H11FN8/c1-15-8-6-9(14)11-10(7-8)22-13(18-19-20-22)12(17-11)21-4-2-16-3-5-21/h6-7,16H,2-5H2. The fourth-order valence-electron chi connectivity index (χ4n) is 2.64. The highest BCUT2D eigenvalue weighted by molar-refractivity contribution is 5.85. The Bertz CT molecular complexity index is 906. The van der Waals surface area contributed by atoms with Gasteiger partial charge in [-0.25, -0.2) is 14.2 Å². The van der Waals surface area contributed by atoms with Gasteiger partial charge in [-0.3, -0.25) is 0 Å². The third kappa shape index (κ3) is 1.85. The number of fused-ring (bicyclic) bond motifs is 3. The summed E-state index contributed by atoms with van der Waals surface area (Å²) < 4.78 is 15.7. The van der Waals surface area contributed by atoms with E-state index in [4.69, 9.17) is 6.57 Å². The molecule has 1 fully saturated rings. The van der Waals surface area contributed by atoms with Crippen molar-refractivity contribution < 1.29 is 4.39 Å². The summed E-state index contributed by atoms with van der Waals surface area (Å²) >= 11 is 0. The van der Waals surface area contributed by atoms with E-state index in [2.05, 4.69) is 30.7 Å². The van der Waals surface area contributed by atoms with Crippen LogP contribution in [0.5, 0.6) is 0 Å². The number of nitrogens with zero attached hydrogens (tertiary/aromatic N) is 7. The van der Waals surface area contributed by atoms with Gasteiger partial charge in [-0.05, 0) is 22.6 Å². The summed E-state index contributed by atoms with van der Waals surface area (Å²) in [6.45, 7) is 10.2. The molecule has 1 saturated heterocycles. The van der Waals surface area contributed by atoms with E-state index in [-0.39, 0.29) is 11.2 Å². The number of rotatable bonds is 1. The van der Waals surface area contributed by atoms with Gasteiger partial charge in [0.25, 0.3) is 0 Å². The average Bonchev–Trinajstić information content (AvgIpc) is 3.05. The van der Waals surface area contributed by atoms with E-state index in [0.29, 0.717) is 17.0 Å². The second kappa shape index (κ2) is 4.85. The van der Waals surface area contributed by atoms with Gasteiger partial charge < -0.3 is 10.2 Å². The molecule has 0 amide bonds. The molecule has 1 N–H and O–H groups in total. The van der Waals surface area contributed by atoms with Gasteiger partial charge in [0.15, 0.2) is 11.5 Å². The molecule has 1 aromatic carbocycles. The summed E-state index contributed by atoms with van der Waals surface area (Å²) in [4.78, 5) is 9.73. The summed E-state index contributed by atoms with van der Waals surface area (Å²) in [5.74, 6) is 0.0192. The summed E-state index contributed by atoms with van der Waals surface area (Å²) in [5, 5.41) is 14.9. The van der Waals surface area contributed by atoms with Gasteiger partial charge in [0.1, 0.15) is 11.3 Å². The van der Waals surface area contributed by atoms with Gasteiger partial charge in [-0.2, -0.15) is 4.52 Å². The third-order valence-electron chi connectivity index (χ3n) is 3.69. The minimum Gasteiger partial charge on any atom is -0.351 e. The Hall–Kier alpha value is -2.86. The minimum absolute atomic E-state index is 0.167. The van der Waals surface area contributed by atoms with Crippen LogP contribution in [0.3, 0.4) is 0 Å². The topological polar surface area (TPSA) is 75.6 Å². The van der Waals surface area contributed by atoms with E-state index >= 15 is 0 Å². The summed E-state index contributed by atoms with van der Waals surface area (Å²) in [5.41, 5.74) is 1.22. The van der Waals surface area contributed by atoms with E-state index in [0.717, 1.165) is 26.2 Å². The lowest BCUT2D eigenvalue weighted by molar-refractivity contribution is 0.585. The highest BCUT2D eigenvalue weighted by atomic mass is 19.1. The van der Waals surface area contributed by atoms with Crippen molar-refractivity contribution in [3.63, 3.8) is 0 Å². The van der Waals surface area contributed by atoms with Crippen LogP contribution in [0.4, 0.5) is 15.9 Å². The van der Waals surface area contributed by atoms with Crippen LogP contribution in [-0.4, -0.2) is 51.2 Å². The first kappa shape index (κ1) is 12.8. The molecule has 3 aromatic rings. The van der Waals surface area contributed by atoms with Crippen LogP contribution in [0, 0.1) is 12.4 Å². The number of tetrazole rings is 1. The Balaban J connectivity index is 2.03. The molecule has 0 radical (unpaired) electrons. The first-order chi connectivity index (χ1) is 10.8. The molecule has 0 spiro atoms. The number of aromatic nitrogens is 5. The molecule has 22 heavy (non-hydrogen) atoms. The van der Waals surface area contributed by atoms with Crippen molar-refractivity contribution in [2.45, 2.75) is 0 Å². The molecule has 0 bridgehead atoms. The first-order valence-corrected chi connectivity index (χ1v) is 6.82. The molecule has 4 rings (SSSR count). The number of piperazine rings is 1. The van der Waals surface area contributed by atoms with Crippen molar-refractivity contribution >= 4 is 28.2 Å². The van der Waals surface area contributed by atoms with Crippen molar-refractivity contribution in [2.24, 2.45) is 0 Å². The van der Waals surface area contributed by atoms with Crippen molar-refractivity contribution in [3.05, 3.63) is 29.4 Å². The van der Waals surface area contributed by atoms with Gasteiger partial charge in [-0.1, -0.05) is 0 Å². The lowest BCUT2D eigenvalue weighted by atomic mass is 10.2. The van der Waals surface area contributed by atoms with Crippen molar-refractivity contribution in [1.82, 2.24) is 30.3 Å². The summed E-state index contributed by atoms with van der Waals surface area (Å²) in [6, 6.07) is 2.73. The molecule has 0 unspecified atom stereocenters. The zero-order valence-corrected chi connectivity index (χ0v) is 11.5. The second-order valence-electron chi connectivity index (χ2n) is 4.99. The van der Waals surface area contributed by atoms with Crippen LogP contribution in [0.1, 0.15) is 0 Å². The highest BCUT2D eigenvalue weighted by Crippen LogP contribution is 2.27. The fraction of sp³-hybridized carbons (Fsp3) is 0.308. The predicted molar refractivity (Wildman–Crippen MR) is 77.4 cm³/mol. The molecule has 9 heteroatoms. The second-order valence-corrected chi connectivity index (χ2v) is 4.99. The SMILES string of the molecule is [C-]#[N+]c1cc(F)c2nc(N3CCNCC3)c3nnnn3c2c1. The number of halogens is 1. The lowest BCUT2D eigenvalue weighted by Gasteiger charge is -2.28. The van der Waals surface area contributed by atoms with Gasteiger partial charge in [0.05, 0.1) is 12.1 Å². The Labute approximate surface area is 124 Å². The summed E-state index contributed by atoms with van der Waals surface area (Å²) in [7, 11) is 0. The first-order valence-electron chi connectivity index (χ1n) is 6.82. The monoisotopic (exact) mass is 298 g/mol. The molecule has 0 atom stereocenters. The van der Waals surface area contributed by atoms with Crippen molar-refractivity contribution in [1.29, 1.82) is 0 Å². The van der Waals surface area contributed by atoms with Crippen LogP contribution in [-0.2, 0) is 0 Å². The zero-order valence-electron chi connectivity index (χ0n) is 11.5. The van der Waals surface area contributed by atoms with E-state index in [1.165, 1.54) is 10.6 Å². The smallest absolute Gasteiger partial charge is 0.222 e. The Kier molecular flexibility index (Phi) is 2.83. The maximum absolute atomic E-state index is 14.3. The van der Waals surface area contributed by atoms with Gasteiger partial charge >= 0.3 is 0 Å². The van der Waals surface area contributed by atoms with E-state index in [1.54, 1.807) is 6.07 Å². The molecular formula is C13H11FN8. The van der Waals surface area contributed by atoms with Crippen LogP contribution in [0.15, 0.2) is 12.1 Å². The quantitative estimate of drug-likeness (QED) is 0.669. The van der Waals surface area contributed by atoms with E-state index < -0.39 is 5.82 Å². The van der Waals surface area contributed by atoms with Crippen molar-refractivity contribution in [3.8, 4) is 0 Å². The number of hydrogen-bond acceptors (Lipinski definition) is 6. The Morgan fingerprint density at radius 3 is 2.86 bits per heavy atom. The molecule has 1 aliphatic rings. The molecule has 3 heterocycles. The van der Waals surface area contributed by atoms with Crippen LogP contribution >= 0.6 is 0 Å². The maximum Gasteiger partial charge on any atom is 0.222 e. The minimum atomic E-state index is -0.544. The Morgan fingerprint density at radius 1 is 1.27 bits per heavy atom. The number of nitrogens with one attached hydrogen (secondary N) is 1. The average molecular weight is 298 g/mol. The zero-order chi connectivity index (χ0) is 15.1. The maximum atomic E-state index is 14.3. The highest BCUT2D eigenvalue weighted by Gasteiger charge is 2.21. The largest absolute Gasteiger partial charge is 0.351 e. The Morgan fingerprint density at radius 2 is 2.09 bits per heavy atom. The molecule has 110 valence electrons. The van der Waals surface area contributed by atoms with Crippen LogP contribution < -0.4 is 10.2 Å². The number of benzene rings is 1. The molecule has 0 saturated carbocycles. The van der Waals surface area contributed by atoms with Crippen molar-refractivity contribution in [2.75, 3.05) is 31.1 Å². The van der Waals surface area contributed by atoms with E-state index in [9.17, 15) is 4.39 Å². The normalized spacial score (nSPS) is 15.4. The number of anilines is 1. The number of hydrogen-bond donors (Lipinski definition) is 1. The fourth-order valence-corrected chi connectivity index (χ4v) is 2.64. The van der Waals surface area contributed by atoms with Gasteiger partial charge in [0, 0.05) is 26.2 Å². The lowest BCUT2D eigenvalue weighted by Crippen LogP contribution is -2.44. The van der Waals surface area contributed by atoms with Crippen LogP contribution in [0.25, 0.3) is 21.5 Å². The van der Waals surface area contributed by atoms with Gasteiger partial charge in [0.2, 0.25) is 5.65 Å². The molecule has 8 nitrogen and oxygen atoms in total. The molecular weight excluding hydrogens is 287 g/mol. The summed E-state index contributed by atoms with van der Waals surface area (Å²) in [6.07, 6.45) is 0. The molecule has 1 aliphatic heterocycles. The molecule has 0 aliphatic carbocycles. The third-order valence-corrected chi connectivity index (χ3v) is 3.69. The predicted octanol–water partition coefficient (Wildman–Crippen LogP) is 0.772. The molecule has 2 aromatic heterocycles. The van der Waals surface area contributed by atoms with Crippen LogP contribution in [0.2, 0.25) is 0 Å². The van der Waals surface area contributed by atoms with E-state index in [1.807, 2.05) is 4.90 Å².